The average molecular weight is 976 g/mol. The number of carbonyl (C=O) groups excluding carboxylic acids is 1. The zero-order chi connectivity index (χ0) is 46.5. The molecule has 29 heteroatoms. The molecule has 0 saturated heterocycles. The predicted octanol–water partition coefficient (Wildman–Crippen LogP) is 2.99. The van der Waals surface area contributed by atoms with Crippen molar-refractivity contribution in [2.45, 2.75) is 33.3 Å². The van der Waals surface area contributed by atoms with Gasteiger partial charge in [0.25, 0.3) is 30.4 Å². The van der Waals surface area contributed by atoms with Crippen LogP contribution < -0.4 is 11.1 Å². The zero-order valence-electron chi connectivity index (χ0n) is 32.7. The van der Waals surface area contributed by atoms with Crippen molar-refractivity contribution < 1.29 is 72.6 Å². The number of aromatic nitrogens is 3. The van der Waals surface area contributed by atoms with Crippen LogP contribution in [0.5, 0.6) is 0 Å². The smallest absolute Gasteiger partial charge is 0.351 e. The molecule has 0 radical (unpaired) electrons. The maximum absolute atomic E-state index is 14.7. The minimum Gasteiger partial charge on any atom is -0.351 e. The average Bonchev–Trinajstić information content (AvgIpc) is 3.19. The summed E-state index contributed by atoms with van der Waals surface area (Å²) in [7, 11) is -19.7. The molecule has 4 N–H and O–H groups in total. The van der Waals surface area contributed by atoms with Gasteiger partial charge in [-0.1, -0.05) is 18.2 Å². The van der Waals surface area contributed by atoms with E-state index in [9.17, 15) is 55.8 Å². The molecule has 5 rings (SSSR count). The molecule has 0 bridgehead atoms. The van der Waals surface area contributed by atoms with Gasteiger partial charge in [-0.3, -0.25) is 17.1 Å². The van der Waals surface area contributed by atoms with Gasteiger partial charge in [0.2, 0.25) is 0 Å². The molecule has 0 spiro atoms. The number of primary amides is 1. The summed E-state index contributed by atoms with van der Waals surface area (Å²) >= 11 is 0. The van der Waals surface area contributed by atoms with Crippen molar-refractivity contribution in [1.29, 1.82) is 0 Å². The Morgan fingerprint density at radius 1 is 0.714 bits per heavy atom. The third-order valence-corrected chi connectivity index (χ3v) is 14.3. The number of nitrogens with two attached hydrogens (primary N) is 1. The first kappa shape index (κ1) is 48.5. The summed E-state index contributed by atoms with van der Waals surface area (Å²) in [5.74, 6) is -1.82. The number of rotatable bonds is 19. The summed E-state index contributed by atoms with van der Waals surface area (Å²) in [5, 5.41) is 10.1. The van der Waals surface area contributed by atoms with Gasteiger partial charge in [-0.15, -0.1) is 10.2 Å². The predicted molar refractivity (Wildman–Crippen MR) is 217 cm³/mol. The molecule has 0 aliphatic rings. The van der Waals surface area contributed by atoms with Crippen molar-refractivity contribution in [3.63, 3.8) is 0 Å². The second-order valence-electron chi connectivity index (χ2n) is 12.8. The quantitative estimate of drug-likeness (QED) is 0.0608. The monoisotopic (exact) mass is 975 g/mol. The Balaban J connectivity index is 1.45. The topological polar surface area (TPSA) is 346 Å². The molecule has 4 aromatic carbocycles. The van der Waals surface area contributed by atoms with Gasteiger partial charge in [0, 0.05) is 18.2 Å². The standard InChI is InChI=1S/C34H34FN7O16S5/c1-55-61(49,50)29-14-22(19-60(46,47)48)12-23-17-30(62(51,52)56-2)28(18-25(23)29)42-41-26-9-6-21(13-27(26)37-34(36)43)16-32-38-31(39-33(35)40-32)15-20-4-7-24(8-5-20)59(44,45)11-10-58-63(53,54)57-3/h4-9,12-14,17-18H,10-11,15-16,19H2,1-3H3,(H3,36,37,43)(H,46,47,48). The summed E-state index contributed by atoms with van der Waals surface area (Å²) < 4.78 is 165. The molecule has 0 unspecified atom stereocenters. The maximum atomic E-state index is 14.7. The van der Waals surface area contributed by atoms with E-state index in [0.717, 1.165) is 45.6 Å². The number of azo groups is 1. The fourth-order valence-electron chi connectivity index (χ4n) is 5.67. The Morgan fingerprint density at radius 2 is 1.30 bits per heavy atom. The van der Waals surface area contributed by atoms with Gasteiger partial charge in [0.05, 0.1) is 44.3 Å². The minimum absolute atomic E-state index is 0.0412. The number of fused-ring (bicyclic) bond motifs is 1. The van der Waals surface area contributed by atoms with Crippen LogP contribution >= 0.6 is 0 Å². The molecule has 1 aromatic heterocycles. The molecule has 2 amide bonds. The van der Waals surface area contributed by atoms with Gasteiger partial charge in [0.15, 0.2) is 9.84 Å². The Labute approximate surface area is 359 Å². The van der Waals surface area contributed by atoms with Crippen LogP contribution in [0.15, 0.2) is 91.6 Å². The van der Waals surface area contributed by atoms with Crippen LogP contribution in [-0.2, 0) is 85.9 Å². The van der Waals surface area contributed by atoms with E-state index < -0.39 is 96.3 Å². The van der Waals surface area contributed by atoms with Crippen LogP contribution in [-0.4, -0.2) is 101 Å². The van der Waals surface area contributed by atoms with Gasteiger partial charge in [-0.25, -0.2) is 22.4 Å². The highest BCUT2D eigenvalue weighted by Gasteiger charge is 2.26. The molecule has 0 aliphatic carbocycles. The number of urea groups is 1. The third-order valence-electron chi connectivity index (χ3n) is 8.46. The van der Waals surface area contributed by atoms with Gasteiger partial charge >= 0.3 is 22.5 Å². The lowest BCUT2D eigenvalue weighted by Crippen LogP contribution is -2.19. The number of halogens is 1. The van der Waals surface area contributed by atoms with Crippen molar-refractivity contribution in [3.05, 3.63) is 101 Å². The van der Waals surface area contributed by atoms with Crippen molar-refractivity contribution in [3.8, 4) is 0 Å². The Hall–Kier alpha value is -5.50. The molecular weight excluding hydrogens is 942 g/mol. The SMILES string of the molecule is COS(=O)(=O)OCCS(=O)(=O)c1ccc(Cc2nc(F)nc(Cc3ccc(N=Nc4cc5c(S(=O)(=O)OC)cc(CS(=O)(=O)O)cc5cc4S(=O)(=O)OC)c(NC(N)=O)c3)n2)cc1. The first-order chi connectivity index (χ1) is 29.3. The molecule has 0 fully saturated rings. The molecule has 1 heterocycles. The summed E-state index contributed by atoms with van der Waals surface area (Å²) in [6, 6.07) is 12.4. The van der Waals surface area contributed by atoms with E-state index in [1.54, 1.807) is 0 Å². The molecule has 338 valence electrons. The van der Waals surface area contributed by atoms with E-state index in [2.05, 4.69) is 47.2 Å². The first-order valence-electron chi connectivity index (χ1n) is 17.3. The minimum atomic E-state index is -4.68. The van der Waals surface area contributed by atoms with Crippen LogP contribution in [0.4, 0.5) is 26.2 Å². The Morgan fingerprint density at radius 3 is 1.89 bits per heavy atom. The number of sulfone groups is 1. The van der Waals surface area contributed by atoms with Crippen molar-refractivity contribution in [1.82, 2.24) is 15.0 Å². The van der Waals surface area contributed by atoms with Gasteiger partial charge in [-0.2, -0.15) is 48.0 Å². The highest BCUT2D eigenvalue weighted by atomic mass is 32.3. The normalized spacial score (nSPS) is 12.8. The van der Waals surface area contributed by atoms with Gasteiger partial charge in [0.1, 0.15) is 38.6 Å². The Bertz CT molecular complexity index is 3190. The van der Waals surface area contributed by atoms with E-state index in [4.69, 9.17) is 5.73 Å². The second kappa shape index (κ2) is 19.1. The summed E-state index contributed by atoms with van der Waals surface area (Å²) in [6.07, 6.45) is -1.38. The maximum Gasteiger partial charge on any atom is 0.399 e. The molecular formula is C34H34FN7O16S5. The number of nitrogens with one attached hydrogen (secondary N) is 1. The highest BCUT2D eigenvalue weighted by molar-refractivity contribution is 7.91. The number of amides is 2. The van der Waals surface area contributed by atoms with Gasteiger partial charge in [-0.05, 0) is 70.6 Å². The lowest BCUT2D eigenvalue weighted by atomic mass is 10.1. The molecule has 0 aliphatic heterocycles. The number of hydrogen-bond donors (Lipinski definition) is 3. The lowest BCUT2D eigenvalue weighted by molar-refractivity contribution is 0.255. The number of anilines is 1. The van der Waals surface area contributed by atoms with Crippen LogP contribution in [0.25, 0.3) is 10.8 Å². The van der Waals surface area contributed by atoms with E-state index in [-0.39, 0.29) is 57.1 Å². The first-order valence-corrected chi connectivity index (χ1v) is 24.7. The van der Waals surface area contributed by atoms with Crippen molar-refractivity contribution >= 4 is 84.5 Å². The van der Waals surface area contributed by atoms with Crippen molar-refractivity contribution in [2.24, 2.45) is 16.0 Å². The summed E-state index contributed by atoms with van der Waals surface area (Å²) in [5.41, 5.74) is 5.29. The fourth-order valence-corrected chi connectivity index (χ4v) is 9.57. The number of carbonyl (C=O) groups is 1. The molecule has 63 heavy (non-hydrogen) atoms. The zero-order valence-corrected chi connectivity index (χ0v) is 36.8. The molecule has 23 nitrogen and oxygen atoms in total. The second-order valence-corrected chi connectivity index (χ2v) is 21.1. The summed E-state index contributed by atoms with van der Waals surface area (Å²) in [6.45, 7) is -0.687. The van der Waals surface area contributed by atoms with E-state index >= 15 is 0 Å². The largest absolute Gasteiger partial charge is 0.399 e. The number of hydrogen-bond acceptors (Lipinski definition) is 20. The van der Waals surface area contributed by atoms with E-state index in [0.29, 0.717) is 11.1 Å². The van der Waals surface area contributed by atoms with Crippen molar-refractivity contribution in [2.75, 3.05) is 39.0 Å². The molecule has 0 atom stereocenters. The Kier molecular flexibility index (Phi) is 14.7. The summed E-state index contributed by atoms with van der Waals surface area (Å²) in [4.78, 5) is 22.3. The highest BCUT2D eigenvalue weighted by Crippen LogP contribution is 2.37. The number of nitrogens with zero attached hydrogens (tertiary/aromatic N) is 5. The van der Waals surface area contributed by atoms with Crippen LogP contribution in [0, 0.1) is 6.08 Å². The van der Waals surface area contributed by atoms with Gasteiger partial charge < -0.3 is 11.1 Å². The molecule has 5 aromatic rings. The lowest BCUT2D eigenvalue weighted by Gasteiger charge is -2.13. The third kappa shape index (κ3) is 12.8. The van der Waals surface area contributed by atoms with E-state index in [1.807, 2.05) is 0 Å². The number of benzene rings is 4. The fraction of sp³-hybridized carbons (Fsp3) is 0.235. The van der Waals surface area contributed by atoms with Crippen LogP contribution in [0.2, 0.25) is 0 Å². The van der Waals surface area contributed by atoms with E-state index in [1.165, 1.54) is 42.5 Å². The molecule has 0 saturated carbocycles. The van der Waals surface area contributed by atoms with Crippen LogP contribution in [0.1, 0.15) is 28.3 Å². The van der Waals surface area contributed by atoms with Crippen LogP contribution in [0.3, 0.4) is 0 Å².